The number of aryl methyl sites for hydroxylation is 1. The first-order valence-electron chi connectivity index (χ1n) is 23.9. The Kier molecular flexibility index (Phi) is 9.98. The van der Waals surface area contributed by atoms with Crippen LogP contribution in [0.2, 0.25) is 0 Å². The van der Waals surface area contributed by atoms with Gasteiger partial charge in [0.2, 0.25) is 0 Å². The van der Waals surface area contributed by atoms with Crippen LogP contribution in [0, 0.1) is 5.92 Å². The van der Waals surface area contributed by atoms with Crippen molar-refractivity contribution in [1.29, 1.82) is 0 Å². The smallest absolute Gasteiger partial charge is 0.0695 e. The molecule has 66 heavy (non-hydrogen) atoms. The Bertz CT molecular complexity index is 3750. The molecule has 2 unspecified atom stereocenters. The molecule has 10 aromatic carbocycles. The van der Waals surface area contributed by atoms with E-state index in [1.54, 1.807) is 0 Å². The van der Waals surface area contributed by atoms with E-state index in [-0.39, 0.29) is 11.8 Å². The Hall–Kier alpha value is -7.55. The molecule has 318 valence electrons. The lowest BCUT2D eigenvalue weighted by molar-refractivity contribution is 0.486. The van der Waals surface area contributed by atoms with E-state index >= 15 is 0 Å². The second-order valence-corrected chi connectivity index (χ2v) is 18.4. The SMILES string of the molecule is CCc1ccccc1-c1cccc2c1[nH]c1cccc(-c3cc4c5ccccc5c5ccccc5c4cc3C3=N/C(c4ccc5ccccc5c4)=C(\C)CCC(c4ccccc4)C3CC)c12. The zero-order valence-electron chi connectivity index (χ0n) is 37.9. The lowest BCUT2D eigenvalue weighted by Gasteiger charge is -2.32. The topological polar surface area (TPSA) is 28.1 Å². The van der Waals surface area contributed by atoms with Crippen molar-refractivity contribution in [1.82, 2.24) is 4.98 Å². The van der Waals surface area contributed by atoms with Crippen LogP contribution in [0.5, 0.6) is 0 Å². The molecule has 0 radical (unpaired) electrons. The van der Waals surface area contributed by atoms with Gasteiger partial charge in [-0.25, -0.2) is 0 Å². The highest BCUT2D eigenvalue weighted by atomic mass is 14.8. The van der Waals surface area contributed by atoms with Gasteiger partial charge >= 0.3 is 0 Å². The van der Waals surface area contributed by atoms with Gasteiger partial charge in [0, 0.05) is 38.9 Å². The van der Waals surface area contributed by atoms with Crippen molar-refractivity contribution < 1.29 is 0 Å². The molecule has 0 amide bonds. The maximum atomic E-state index is 6.12. The second kappa shape index (κ2) is 16.5. The zero-order valence-corrected chi connectivity index (χ0v) is 37.9. The van der Waals surface area contributed by atoms with Crippen LogP contribution in [0.1, 0.15) is 68.2 Å². The van der Waals surface area contributed by atoms with Crippen LogP contribution < -0.4 is 0 Å². The number of aromatic amines is 1. The fourth-order valence-electron chi connectivity index (χ4n) is 11.6. The van der Waals surface area contributed by atoms with Crippen LogP contribution >= 0.6 is 0 Å². The molecule has 0 saturated heterocycles. The molecule has 1 aromatic heterocycles. The van der Waals surface area contributed by atoms with Gasteiger partial charge in [0.05, 0.1) is 16.9 Å². The van der Waals surface area contributed by atoms with Gasteiger partial charge in [0.15, 0.2) is 0 Å². The van der Waals surface area contributed by atoms with Gasteiger partial charge in [-0.3, -0.25) is 4.99 Å². The standard InChI is InChI=1S/C64H52N2/c1-4-41-19-11-12-24-47(41)54-30-17-31-55-61-53(29-18-32-60(61)65-64(54)55)58-38-56-51-27-15-13-25-49(51)50-26-14-16-28-52(50)57(56)39-59(58)63-46(5-2)48(43-21-7-6-8-22-43)36-33-40(3)62(66-63)45-35-34-42-20-9-10-23-44(42)37-45/h6-32,34-35,37-39,46,48,65H,4-5,33,36H2,1-3H3/b62-40+,66-63?. The third kappa shape index (κ3) is 6.58. The molecule has 2 atom stereocenters. The highest BCUT2D eigenvalue weighted by molar-refractivity contribution is 6.29. The summed E-state index contributed by atoms with van der Waals surface area (Å²) in [6, 6.07) is 72.5. The quantitative estimate of drug-likeness (QED) is 0.155. The molecule has 1 aliphatic heterocycles. The number of nitrogens with one attached hydrogen (secondary N) is 1. The van der Waals surface area contributed by atoms with E-state index in [1.807, 2.05) is 0 Å². The van der Waals surface area contributed by atoms with Gasteiger partial charge < -0.3 is 4.98 Å². The molecule has 0 fully saturated rings. The molecule has 0 bridgehead atoms. The normalized spacial score (nSPS) is 16.9. The number of para-hydroxylation sites is 1. The summed E-state index contributed by atoms with van der Waals surface area (Å²) in [6.45, 7) is 6.95. The Morgan fingerprint density at radius 2 is 1.11 bits per heavy atom. The Morgan fingerprint density at radius 1 is 0.500 bits per heavy atom. The Balaban J connectivity index is 1.21. The number of benzene rings is 10. The summed E-state index contributed by atoms with van der Waals surface area (Å²) < 4.78 is 0. The number of hydrogen-bond donors (Lipinski definition) is 1. The van der Waals surface area contributed by atoms with E-state index in [0.717, 1.165) is 42.6 Å². The van der Waals surface area contributed by atoms with Crippen molar-refractivity contribution in [3.05, 3.63) is 222 Å². The molecule has 2 heterocycles. The number of aromatic nitrogens is 1. The van der Waals surface area contributed by atoms with Gasteiger partial charge in [-0.05, 0) is 139 Å². The molecule has 0 spiro atoms. The summed E-state index contributed by atoms with van der Waals surface area (Å²) >= 11 is 0. The molecule has 11 aromatic rings. The van der Waals surface area contributed by atoms with Crippen LogP contribution in [0.25, 0.3) is 92.8 Å². The number of rotatable bonds is 7. The number of nitrogens with zero attached hydrogens (tertiary/aromatic N) is 1. The van der Waals surface area contributed by atoms with Crippen molar-refractivity contribution in [2.45, 2.75) is 52.4 Å². The molecule has 2 nitrogen and oxygen atoms in total. The van der Waals surface area contributed by atoms with E-state index < -0.39 is 0 Å². The number of hydrogen-bond acceptors (Lipinski definition) is 1. The largest absolute Gasteiger partial charge is 0.354 e. The van der Waals surface area contributed by atoms with Crippen molar-refractivity contribution in [3.63, 3.8) is 0 Å². The molecule has 12 rings (SSSR count). The van der Waals surface area contributed by atoms with E-state index in [9.17, 15) is 0 Å². The van der Waals surface area contributed by atoms with Crippen molar-refractivity contribution in [2.75, 3.05) is 0 Å². The van der Waals surface area contributed by atoms with Crippen LogP contribution in [0.15, 0.2) is 205 Å². The lowest BCUT2D eigenvalue weighted by Crippen LogP contribution is -2.25. The van der Waals surface area contributed by atoms with Crippen LogP contribution in [-0.2, 0) is 6.42 Å². The first-order chi connectivity index (χ1) is 32.6. The third-order valence-corrected chi connectivity index (χ3v) is 14.8. The van der Waals surface area contributed by atoms with Gasteiger partial charge in [-0.2, -0.15) is 0 Å². The summed E-state index contributed by atoms with van der Waals surface area (Å²) in [5, 5.41) is 12.6. The van der Waals surface area contributed by atoms with Gasteiger partial charge in [0.1, 0.15) is 0 Å². The summed E-state index contributed by atoms with van der Waals surface area (Å²) in [6.07, 6.45) is 3.95. The molecule has 1 aliphatic rings. The maximum Gasteiger partial charge on any atom is 0.0695 e. The molecule has 1 N–H and O–H groups in total. The second-order valence-electron chi connectivity index (χ2n) is 18.4. The van der Waals surface area contributed by atoms with Gasteiger partial charge in [-0.15, -0.1) is 0 Å². The average Bonchev–Trinajstić information content (AvgIpc) is 3.77. The minimum Gasteiger partial charge on any atom is -0.354 e. The first-order valence-corrected chi connectivity index (χ1v) is 23.9. The summed E-state index contributed by atoms with van der Waals surface area (Å²) in [4.78, 5) is 10.1. The average molecular weight is 849 g/mol. The number of aliphatic imine (C=N–C) groups is 1. The molecule has 0 aliphatic carbocycles. The minimum absolute atomic E-state index is 0.151. The first kappa shape index (κ1) is 40.0. The van der Waals surface area contributed by atoms with E-state index in [0.29, 0.717) is 0 Å². The van der Waals surface area contributed by atoms with Gasteiger partial charge in [-0.1, -0.05) is 184 Å². The zero-order chi connectivity index (χ0) is 44.3. The molecule has 0 saturated carbocycles. The van der Waals surface area contributed by atoms with E-state index in [2.05, 4.69) is 220 Å². The fraction of sp³-hybridized carbons (Fsp3) is 0.141. The van der Waals surface area contributed by atoms with E-state index in [4.69, 9.17) is 4.99 Å². The molecule has 2 heteroatoms. The van der Waals surface area contributed by atoms with Crippen molar-refractivity contribution in [2.24, 2.45) is 10.9 Å². The summed E-state index contributed by atoms with van der Waals surface area (Å²) in [5.74, 6) is 0.434. The van der Waals surface area contributed by atoms with E-state index in [1.165, 1.54) is 109 Å². The lowest BCUT2D eigenvalue weighted by atomic mass is 9.73. The highest BCUT2D eigenvalue weighted by Gasteiger charge is 2.32. The fourth-order valence-corrected chi connectivity index (χ4v) is 11.6. The van der Waals surface area contributed by atoms with Crippen LogP contribution in [-0.4, -0.2) is 10.7 Å². The molecular weight excluding hydrogens is 797 g/mol. The Labute approximate surface area is 387 Å². The monoisotopic (exact) mass is 848 g/mol. The predicted molar refractivity (Wildman–Crippen MR) is 284 cm³/mol. The Morgan fingerprint density at radius 3 is 1.85 bits per heavy atom. The minimum atomic E-state index is 0.151. The molecular formula is C64H52N2. The highest BCUT2D eigenvalue weighted by Crippen LogP contribution is 2.47. The number of allylic oxidation sites excluding steroid dienone is 1. The maximum absolute atomic E-state index is 6.12. The van der Waals surface area contributed by atoms with Crippen molar-refractivity contribution in [3.8, 4) is 22.3 Å². The van der Waals surface area contributed by atoms with Crippen LogP contribution in [0.4, 0.5) is 0 Å². The summed E-state index contributed by atoms with van der Waals surface area (Å²) in [5.41, 5.74) is 16.0. The number of H-pyrrole nitrogens is 1. The van der Waals surface area contributed by atoms with Crippen molar-refractivity contribution >= 4 is 76.3 Å². The predicted octanol–water partition coefficient (Wildman–Crippen LogP) is 17.7. The third-order valence-electron chi connectivity index (χ3n) is 14.8. The number of fused-ring (bicyclic) bond motifs is 10. The summed E-state index contributed by atoms with van der Waals surface area (Å²) in [7, 11) is 0. The van der Waals surface area contributed by atoms with Gasteiger partial charge in [0.25, 0.3) is 0 Å². The van der Waals surface area contributed by atoms with Crippen LogP contribution in [0.3, 0.4) is 0 Å².